The summed E-state index contributed by atoms with van der Waals surface area (Å²) in [5, 5.41) is 18.6. The first-order valence-corrected chi connectivity index (χ1v) is 5.96. The summed E-state index contributed by atoms with van der Waals surface area (Å²) in [7, 11) is 0. The Morgan fingerprint density at radius 2 is 2.25 bits per heavy atom. The fourth-order valence-electron chi connectivity index (χ4n) is 2.03. The van der Waals surface area contributed by atoms with Gasteiger partial charge in [-0.25, -0.2) is 8.78 Å². The summed E-state index contributed by atoms with van der Waals surface area (Å²) in [5.74, 6) is -1.27. The van der Waals surface area contributed by atoms with Crippen LogP contribution in [0.1, 0.15) is 6.23 Å². The van der Waals surface area contributed by atoms with Gasteiger partial charge in [-0.05, 0) is 12.2 Å². The first kappa shape index (κ1) is 15.2. The van der Waals surface area contributed by atoms with Crippen LogP contribution in [0.4, 0.5) is 13.2 Å². The van der Waals surface area contributed by atoms with Crippen LogP contribution in [0.3, 0.4) is 0 Å². The lowest BCUT2D eigenvalue weighted by molar-refractivity contribution is -0.0729. The SMILES string of the molecule is O=c1[nH]c(=S)n(C2OC(CO)[C@H](O)C2(F)CF)cc1F. The van der Waals surface area contributed by atoms with Crippen LogP contribution in [0.5, 0.6) is 0 Å². The van der Waals surface area contributed by atoms with Crippen LogP contribution in [0.25, 0.3) is 0 Å². The molecule has 1 fully saturated rings. The van der Waals surface area contributed by atoms with Crippen molar-refractivity contribution in [3.63, 3.8) is 0 Å². The van der Waals surface area contributed by atoms with Gasteiger partial charge >= 0.3 is 0 Å². The van der Waals surface area contributed by atoms with Gasteiger partial charge in [0.2, 0.25) is 11.5 Å². The maximum absolute atomic E-state index is 14.5. The molecule has 0 radical (unpaired) electrons. The molecule has 1 aromatic heterocycles. The van der Waals surface area contributed by atoms with E-state index in [-0.39, 0.29) is 0 Å². The molecule has 112 valence electrons. The number of alkyl halides is 2. The second-order valence-corrected chi connectivity index (χ2v) is 4.74. The summed E-state index contributed by atoms with van der Waals surface area (Å²) in [6, 6.07) is 0. The maximum atomic E-state index is 14.5. The number of aliphatic hydroxyl groups excluding tert-OH is 2. The van der Waals surface area contributed by atoms with Crippen molar-refractivity contribution < 1.29 is 28.1 Å². The molecule has 0 amide bonds. The predicted octanol–water partition coefficient (Wildman–Crippen LogP) is -0.0266. The molecule has 1 aliphatic heterocycles. The molecule has 3 unspecified atom stereocenters. The number of aliphatic hydroxyl groups is 2. The monoisotopic (exact) mass is 312 g/mol. The minimum atomic E-state index is -2.92. The van der Waals surface area contributed by atoms with Gasteiger partial charge < -0.3 is 14.9 Å². The number of hydrogen-bond acceptors (Lipinski definition) is 5. The van der Waals surface area contributed by atoms with Gasteiger partial charge in [0, 0.05) is 0 Å². The summed E-state index contributed by atoms with van der Waals surface area (Å²) in [4.78, 5) is 12.9. The second-order valence-electron chi connectivity index (χ2n) is 4.36. The topological polar surface area (TPSA) is 87.5 Å². The number of nitrogens with one attached hydrogen (secondary N) is 1. The summed E-state index contributed by atoms with van der Waals surface area (Å²) in [6.07, 6.45) is -4.60. The van der Waals surface area contributed by atoms with E-state index in [0.717, 1.165) is 0 Å². The number of hydrogen-bond donors (Lipinski definition) is 3. The lowest BCUT2D eigenvalue weighted by atomic mass is 9.97. The van der Waals surface area contributed by atoms with Crippen LogP contribution >= 0.6 is 12.2 Å². The fourth-order valence-corrected chi connectivity index (χ4v) is 2.27. The van der Waals surface area contributed by atoms with Crippen LogP contribution in [-0.4, -0.2) is 50.9 Å². The van der Waals surface area contributed by atoms with Crippen molar-refractivity contribution in [2.75, 3.05) is 13.3 Å². The van der Waals surface area contributed by atoms with Crippen LogP contribution in [-0.2, 0) is 4.74 Å². The minimum Gasteiger partial charge on any atom is -0.394 e. The Bertz CT molecular complexity index is 621. The number of H-pyrrole nitrogens is 1. The molecule has 1 saturated heterocycles. The quantitative estimate of drug-likeness (QED) is 0.683. The van der Waals surface area contributed by atoms with Crippen molar-refractivity contribution in [3.05, 3.63) is 27.1 Å². The average molecular weight is 312 g/mol. The molecule has 4 atom stereocenters. The molecule has 0 saturated carbocycles. The molecule has 2 heterocycles. The largest absolute Gasteiger partial charge is 0.394 e. The zero-order valence-corrected chi connectivity index (χ0v) is 10.7. The van der Waals surface area contributed by atoms with Gasteiger partial charge in [-0.2, -0.15) is 4.39 Å². The Kier molecular flexibility index (Phi) is 4.00. The van der Waals surface area contributed by atoms with E-state index >= 15 is 0 Å². The van der Waals surface area contributed by atoms with Crippen molar-refractivity contribution in [2.24, 2.45) is 0 Å². The molecule has 0 spiro atoms. The Hall–Kier alpha value is -1.23. The first-order valence-electron chi connectivity index (χ1n) is 5.55. The molecule has 1 aromatic rings. The molecule has 0 bridgehead atoms. The molecule has 2 rings (SSSR count). The summed E-state index contributed by atoms with van der Waals surface area (Å²) >= 11 is 4.73. The van der Waals surface area contributed by atoms with Gasteiger partial charge in [-0.3, -0.25) is 14.3 Å². The number of aromatic amines is 1. The number of halogens is 3. The highest BCUT2D eigenvalue weighted by Crippen LogP contribution is 2.41. The number of aromatic nitrogens is 2. The standard InChI is InChI=1S/C10H11F3N2O4S/c11-3-10(13)6(17)5(2-16)19-8(10)15-1-4(12)7(18)14-9(15)20/h1,5-6,8,16-17H,2-3H2,(H,14,18,20)/t5?,6-,8?,10?/m0/s1. The molecule has 0 aromatic carbocycles. The van der Waals surface area contributed by atoms with E-state index in [1.165, 1.54) is 0 Å². The van der Waals surface area contributed by atoms with Crippen molar-refractivity contribution in [3.8, 4) is 0 Å². The number of ether oxygens (including phenoxy) is 1. The van der Waals surface area contributed by atoms with E-state index in [9.17, 15) is 23.1 Å². The van der Waals surface area contributed by atoms with E-state index in [0.29, 0.717) is 10.8 Å². The van der Waals surface area contributed by atoms with Gasteiger partial charge in [-0.15, -0.1) is 0 Å². The van der Waals surface area contributed by atoms with Crippen molar-refractivity contribution in [1.82, 2.24) is 9.55 Å². The van der Waals surface area contributed by atoms with Crippen molar-refractivity contribution >= 4 is 12.2 Å². The molecule has 6 nitrogen and oxygen atoms in total. The molecule has 0 aliphatic carbocycles. The third kappa shape index (κ3) is 2.18. The smallest absolute Gasteiger partial charge is 0.287 e. The van der Waals surface area contributed by atoms with Crippen LogP contribution in [0, 0.1) is 10.6 Å². The van der Waals surface area contributed by atoms with E-state index < -0.39 is 53.5 Å². The Balaban J connectivity index is 2.54. The Labute approximate surface area is 115 Å². The van der Waals surface area contributed by atoms with Crippen LogP contribution in [0.2, 0.25) is 0 Å². The van der Waals surface area contributed by atoms with Gasteiger partial charge in [-0.1, -0.05) is 0 Å². The zero-order chi connectivity index (χ0) is 15.1. The number of rotatable bonds is 3. The third-order valence-electron chi connectivity index (χ3n) is 3.12. The van der Waals surface area contributed by atoms with Gasteiger partial charge in [0.15, 0.2) is 11.0 Å². The van der Waals surface area contributed by atoms with Gasteiger partial charge in [0.25, 0.3) is 5.56 Å². The summed E-state index contributed by atoms with van der Waals surface area (Å²) in [6.45, 7) is -2.40. The highest BCUT2D eigenvalue weighted by Gasteiger charge is 2.58. The van der Waals surface area contributed by atoms with Crippen LogP contribution in [0.15, 0.2) is 11.0 Å². The van der Waals surface area contributed by atoms with Crippen LogP contribution < -0.4 is 5.56 Å². The van der Waals surface area contributed by atoms with Gasteiger partial charge in [0.1, 0.15) is 18.9 Å². The molecule has 3 N–H and O–H groups in total. The third-order valence-corrected chi connectivity index (χ3v) is 3.43. The minimum absolute atomic E-state index is 0.400. The van der Waals surface area contributed by atoms with Crippen molar-refractivity contribution in [2.45, 2.75) is 24.1 Å². The average Bonchev–Trinajstić information content (AvgIpc) is 2.67. The lowest BCUT2D eigenvalue weighted by Gasteiger charge is -2.26. The summed E-state index contributed by atoms with van der Waals surface area (Å²) < 4.78 is 46.0. The highest BCUT2D eigenvalue weighted by molar-refractivity contribution is 7.71. The van der Waals surface area contributed by atoms with E-state index in [2.05, 4.69) is 0 Å². The molecule has 20 heavy (non-hydrogen) atoms. The van der Waals surface area contributed by atoms with E-state index in [1.54, 1.807) is 0 Å². The molecule has 10 heteroatoms. The second kappa shape index (κ2) is 5.28. The van der Waals surface area contributed by atoms with E-state index in [4.69, 9.17) is 22.1 Å². The Morgan fingerprint density at radius 1 is 1.60 bits per heavy atom. The first-order chi connectivity index (χ1) is 9.35. The molecular formula is C10H11F3N2O4S. The highest BCUT2D eigenvalue weighted by atomic mass is 32.1. The normalized spacial score (nSPS) is 33.5. The molecule has 1 aliphatic rings. The lowest BCUT2D eigenvalue weighted by Crippen LogP contribution is -2.45. The summed E-state index contributed by atoms with van der Waals surface area (Å²) in [5.41, 5.74) is -4.04. The van der Waals surface area contributed by atoms with Crippen molar-refractivity contribution in [1.29, 1.82) is 0 Å². The maximum Gasteiger partial charge on any atom is 0.287 e. The zero-order valence-electron chi connectivity index (χ0n) is 9.92. The molecular weight excluding hydrogens is 301 g/mol. The van der Waals surface area contributed by atoms with Gasteiger partial charge in [0.05, 0.1) is 12.8 Å². The fraction of sp³-hybridized carbons (Fsp3) is 0.600. The Morgan fingerprint density at radius 3 is 2.80 bits per heavy atom. The number of nitrogens with zero attached hydrogens (tertiary/aromatic N) is 1. The predicted molar refractivity (Wildman–Crippen MR) is 62.7 cm³/mol. The van der Waals surface area contributed by atoms with E-state index in [1.807, 2.05) is 4.98 Å².